The van der Waals surface area contributed by atoms with E-state index in [0.29, 0.717) is 11.2 Å². The van der Waals surface area contributed by atoms with Crippen LogP contribution < -0.4 is 15.4 Å². The predicted molar refractivity (Wildman–Crippen MR) is 105 cm³/mol. The molecule has 1 aliphatic rings. The monoisotopic (exact) mass is 417 g/mol. The number of nitrogens with one attached hydrogen (secondary N) is 2. The second-order valence-corrected chi connectivity index (χ2v) is 7.60. The number of amides is 1. The molecule has 1 aliphatic heterocycles. The van der Waals surface area contributed by atoms with E-state index in [1.54, 1.807) is 12.1 Å². The minimum absolute atomic E-state index is 0. The highest BCUT2D eigenvalue weighted by atomic mass is 35.5. The van der Waals surface area contributed by atoms with Crippen molar-refractivity contribution in [3.8, 4) is 17.0 Å². The third-order valence-corrected chi connectivity index (χ3v) is 5.26. The van der Waals surface area contributed by atoms with E-state index in [4.69, 9.17) is 0 Å². The number of ether oxygens (including phenoxy) is 1. The van der Waals surface area contributed by atoms with Gasteiger partial charge in [-0.05, 0) is 57.5 Å². The number of benzene rings is 1. The van der Waals surface area contributed by atoms with E-state index in [0.717, 1.165) is 35.5 Å². The van der Waals surface area contributed by atoms with Crippen LogP contribution in [-0.4, -0.2) is 30.1 Å². The van der Waals surface area contributed by atoms with Crippen LogP contribution in [0.2, 0.25) is 0 Å². The molecule has 5 nitrogen and oxygen atoms in total. The first-order valence-corrected chi connectivity index (χ1v) is 9.31. The Kier molecular flexibility index (Phi) is 7.52. The summed E-state index contributed by atoms with van der Waals surface area (Å²) in [5.74, 6) is 0.0919. The molecule has 0 saturated carbocycles. The summed E-state index contributed by atoms with van der Waals surface area (Å²) in [6.45, 7) is 1.99. The van der Waals surface area contributed by atoms with E-state index in [1.807, 2.05) is 6.92 Å². The number of aryl methyl sites for hydroxylation is 1. The predicted octanol–water partition coefficient (Wildman–Crippen LogP) is 4.47. The number of alkyl halides is 2. The molecular weight excluding hydrogens is 396 g/mol. The minimum atomic E-state index is -2.85. The van der Waals surface area contributed by atoms with E-state index < -0.39 is 6.61 Å². The van der Waals surface area contributed by atoms with Gasteiger partial charge >= 0.3 is 6.61 Å². The Bertz CT molecular complexity index is 770. The first-order valence-electron chi connectivity index (χ1n) is 8.49. The number of halogens is 3. The molecule has 0 aliphatic carbocycles. The highest BCUT2D eigenvalue weighted by molar-refractivity contribution is 7.16. The van der Waals surface area contributed by atoms with Crippen molar-refractivity contribution < 1.29 is 18.3 Å². The quantitative estimate of drug-likeness (QED) is 0.753. The summed E-state index contributed by atoms with van der Waals surface area (Å²) in [4.78, 5) is 17.9. The van der Waals surface area contributed by atoms with Gasteiger partial charge in [-0.1, -0.05) is 0 Å². The van der Waals surface area contributed by atoms with Crippen LogP contribution in [0.3, 0.4) is 0 Å². The van der Waals surface area contributed by atoms with Crippen molar-refractivity contribution in [2.24, 2.45) is 5.92 Å². The fraction of sp³-hybridized carbons (Fsp3) is 0.444. The maximum Gasteiger partial charge on any atom is 0.387 e. The summed E-state index contributed by atoms with van der Waals surface area (Å²) in [5, 5.41) is 6.81. The summed E-state index contributed by atoms with van der Waals surface area (Å²) in [6, 6.07) is 6.66. The molecule has 1 aromatic heterocycles. The molecule has 27 heavy (non-hydrogen) atoms. The zero-order chi connectivity index (χ0) is 18.7. The normalized spacial score (nSPS) is 19.4. The molecule has 0 bridgehead atoms. The van der Waals surface area contributed by atoms with Crippen LogP contribution in [0.25, 0.3) is 11.3 Å². The van der Waals surface area contributed by atoms with Crippen LogP contribution >= 0.6 is 23.7 Å². The van der Waals surface area contributed by atoms with Crippen molar-refractivity contribution in [2.75, 3.05) is 11.9 Å². The number of nitrogens with zero attached hydrogens (tertiary/aromatic N) is 1. The SMILES string of the molecule is Cc1sc(NC(=O)[C@H]2CCN[C@@H](C)C2)nc1-c1ccc(OC(F)F)cc1.Cl. The van der Waals surface area contributed by atoms with Gasteiger partial charge in [0.1, 0.15) is 5.75 Å². The number of anilines is 1. The number of carbonyl (C=O) groups is 1. The van der Waals surface area contributed by atoms with Gasteiger partial charge in [0.2, 0.25) is 5.91 Å². The lowest BCUT2D eigenvalue weighted by Crippen LogP contribution is -2.40. The lowest BCUT2D eigenvalue weighted by Gasteiger charge is -2.26. The largest absolute Gasteiger partial charge is 0.435 e. The number of hydrogen-bond donors (Lipinski definition) is 2. The zero-order valence-electron chi connectivity index (χ0n) is 15.0. The molecule has 9 heteroatoms. The second-order valence-electron chi connectivity index (χ2n) is 6.39. The van der Waals surface area contributed by atoms with Crippen molar-refractivity contribution in [3.63, 3.8) is 0 Å². The lowest BCUT2D eigenvalue weighted by atomic mass is 9.92. The van der Waals surface area contributed by atoms with E-state index in [-0.39, 0.29) is 30.0 Å². The van der Waals surface area contributed by atoms with Gasteiger partial charge in [0.25, 0.3) is 0 Å². The Morgan fingerprint density at radius 2 is 2.07 bits per heavy atom. The molecule has 0 unspecified atom stereocenters. The van der Waals surface area contributed by atoms with E-state index in [2.05, 4.69) is 27.3 Å². The van der Waals surface area contributed by atoms with Gasteiger partial charge in [-0.25, -0.2) is 4.98 Å². The fourth-order valence-corrected chi connectivity index (χ4v) is 3.93. The Morgan fingerprint density at radius 3 is 2.70 bits per heavy atom. The van der Waals surface area contributed by atoms with Crippen molar-refractivity contribution in [2.45, 2.75) is 39.3 Å². The van der Waals surface area contributed by atoms with Crippen LogP contribution in [0.4, 0.5) is 13.9 Å². The smallest absolute Gasteiger partial charge is 0.387 e. The Hall–Kier alpha value is -1.77. The molecule has 2 N–H and O–H groups in total. The average molecular weight is 418 g/mol. The van der Waals surface area contributed by atoms with E-state index in [1.165, 1.54) is 23.5 Å². The third kappa shape index (κ3) is 5.60. The zero-order valence-corrected chi connectivity index (χ0v) is 16.6. The van der Waals surface area contributed by atoms with E-state index in [9.17, 15) is 13.6 Å². The summed E-state index contributed by atoms with van der Waals surface area (Å²) >= 11 is 1.41. The molecule has 2 atom stereocenters. The average Bonchev–Trinajstić information content (AvgIpc) is 2.95. The van der Waals surface area contributed by atoms with Crippen molar-refractivity contribution in [3.05, 3.63) is 29.1 Å². The fourth-order valence-electron chi connectivity index (χ4n) is 3.09. The topological polar surface area (TPSA) is 63.2 Å². The highest BCUT2D eigenvalue weighted by Crippen LogP contribution is 2.32. The molecule has 3 rings (SSSR count). The van der Waals surface area contributed by atoms with Crippen LogP contribution in [0, 0.1) is 12.8 Å². The van der Waals surface area contributed by atoms with E-state index >= 15 is 0 Å². The lowest BCUT2D eigenvalue weighted by molar-refractivity contribution is -0.120. The molecule has 1 amide bonds. The molecule has 1 saturated heterocycles. The van der Waals surface area contributed by atoms with Gasteiger partial charge < -0.3 is 15.4 Å². The first-order chi connectivity index (χ1) is 12.4. The van der Waals surface area contributed by atoms with Crippen LogP contribution in [0.1, 0.15) is 24.6 Å². The van der Waals surface area contributed by atoms with Crippen LogP contribution in [0.5, 0.6) is 5.75 Å². The summed E-state index contributed by atoms with van der Waals surface area (Å²) in [6.07, 6.45) is 1.63. The van der Waals surface area contributed by atoms with Crippen molar-refractivity contribution in [1.82, 2.24) is 10.3 Å². The van der Waals surface area contributed by atoms with Gasteiger partial charge in [-0.3, -0.25) is 4.79 Å². The summed E-state index contributed by atoms with van der Waals surface area (Å²) in [7, 11) is 0. The second kappa shape index (κ2) is 9.43. The number of hydrogen-bond acceptors (Lipinski definition) is 5. The van der Waals surface area contributed by atoms with Crippen molar-refractivity contribution in [1.29, 1.82) is 0 Å². The van der Waals surface area contributed by atoms with Crippen LogP contribution in [-0.2, 0) is 4.79 Å². The molecule has 2 aromatic rings. The van der Waals surface area contributed by atoms with Gasteiger partial charge in [0.15, 0.2) is 5.13 Å². The van der Waals surface area contributed by atoms with Gasteiger partial charge in [0, 0.05) is 22.4 Å². The molecule has 2 heterocycles. The molecule has 0 radical (unpaired) electrons. The van der Waals surface area contributed by atoms with Gasteiger partial charge in [-0.2, -0.15) is 8.78 Å². The van der Waals surface area contributed by atoms with Crippen molar-refractivity contribution >= 4 is 34.8 Å². The number of piperidine rings is 1. The van der Waals surface area contributed by atoms with Gasteiger partial charge in [-0.15, -0.1) is 23.7 Å². The Labute approximate surface area is 166 Å². The number of thiazole rings is 1. The highest BCUT2D eigenvalue weighted by Gasteiger charge is 2.25. The number of carbonyl (C=O) groups excluding carboxylic acids is 1. The Morgan fingerprint density at radius 1 is 1.37 bits per heavy atom. The molecular formula is C18H22ClF2N3O2S. The molecule has 148 valence electrons. The maximum atomic E-state index is 12.5. The first kappa shape index (κ1) is 21.5. The Balaban J connectivity index is 0.00000261. The summed E-state index contributed by atoms with van der Waals surface area (Å²) in [5.41, 5.74) is 1.52. The standard InChI is InChI=1S/C18H21F2N3O2S.ClH/c1-10-9-13(7-8-21-10)16(24)23-18-22-15(11(2)26-18)12-3-5-14(6-4-12)25-17(19)20;/h3-6,10,13,17,21H,7-9H2,1-2H3,(H,22,23,24);1H/t10-,13-;/m0./s1. The number of aromatic nitrogens is 1. The van der Waals surface area contributed by atoms with Gasteiger partial charge in [0.05, 0.1) is 5.69 Å². The minimum Gasteiger partial charge on any atom is -0.435 e. The molecule has 1 aromatic carbocycles. The van der Waals surface area contributed by atoms with Crippen LogP contribution in [0.15, 0.2) is 24.3 Å². The maximum absolute atomic E-state index is 12.5. The molecule has 1 fully saturated rings. The number of rotatable bonds is 5. The third-order valence-electron chi connectivity index (χ3n) is 4.37. The molecule has 0 spiro atoms. The summed E-state index contributed by atoms with van der Waals surface area (Å²) < 4.78 is 28.8.